The number of fused-ring (bicyclic) bond motifs is 1. The third-order valence-electron chi connectivity index (χ3n) is 7.29. The van der Waals surface area contributed by atoms with Crippen LogP contribution in [0.2, 0.25) is 5.02 Å². The smallest absolute Gasteiger partial charge is 0.311 e. The van der Waals surface area contributed by atoms with E-state index in [2.05, 4.69) is 59.8 Å². The van der Waals surface area contributed by atoms with Gasteiger partial charge in [0.25, 0.3) is 0 Å². The molecule has 0 radical (unpaired) electrons. The van der Waals surface area contributed by atoms with Crippen molar-refractivity contribution in [3.63, 3.8) is 0 Å². The molecule has 0 spiro atoms. The normalized spacial score (nSPS) is 11.8. The fourth-order valence-electron chi connectivity index (χ4n) is 4.88. The van der Waals surface area contributed by atoms with Crippen LogP contribution in [0.15, 0.2) is 89.5 Å². The second-order valence-electron chi connectivity index (χ2n) is 10.3. The molecule has 0 aliphatic heterocycles. The Hall–Kier alpha value is -4.07. The molecule has 4 aromatic carbocycles. The van der Waals surface area contributed by atoms with E-state index in [-0.39, 0.29) is 18.4 Å². The van der Waals surface area contributed by atoms with Gasteiger partial charge in [-0.3, -0.25) is 9.59 Å². The zero-order valence-corrected chi connectivity index (χ0v) is 25.8. The van der Waals surface area contributed by atoms with Crippen LogP contribution in [-0.2, 0) is 31.2 Å². The van der Waals surface area contributed by atoms with Gasteiger partial charge in [-0.1, -0.05) is 83.5 Å². The molecule has 1 aromatic heterocycles. The first kappa shape index (κ1) is 30.4. The van der Waals surface area contributed by atoms with Crippen LogP contribution in [0, 0.1) is 6.92 Å². The Labute approximate surface area is 260 Å². The number of benzene rings is 4. The van der Waals surface area contributed by atoms with E-state index in [1.165, 1.54) is 12.7 Å². The van der Waals surface area contributed by atoms with E-state index in [1.807, 2.05) is 31.2 Å². The number of rotatable bonds is 11. The highest BCUT2D eigenvalue weighted by Gasteiger charge is 2.21. The van der Waals surface area contributed by atoms with E-state index < -0.39 is 6.10 Å². The predicted octanol–water partition coefficient (Wildman–Crippen LogP) is 8.77. The molecule has 220 valence electrons. The van der Waals surface area contributed by atoms with Gasteiger partial charge in [0.2, 0.25) is 0 Å². The lowest BCUT2D eigenvalue weighted by Crippen LogP contribution is -2.12. The molecule has 0 saturated carbocycles. The molecule has 0 bridgehead atoms. The monoisotopic (exact) mass is 613 g/mol. The summed E-state index contributed by atoms with van der Waals surface area (Å²) < 4.78 is 16.1. The summed E-state index contributed by atoms with van der Waals surface area (Å²) in [5, 5.41) is 6.85. The molecule has 1 atom stereocenters. The average molecular weight is 614 g/mol. The topological polar surface area (TPSA) is 78.6 Å². The number of halogens is 1. The van der Waals surface area contributed by atoms with E-state index in [4.69, 9.17) is 25.6 Å². The van der Waals surface area contributed by atoms with Gasteiger partial charge in [0.1, 0.15) is 6.10 Å². The zero-order chi connectivity index (χ0) is 30.3. The number of carbonyl (C=O) groups excluding carboxylic acids is 2. The number of hydrogen-bond donors (Lipinski definition) is 0. The fourth-order valence-corrected chi connectivity index (χ4v) is 6.06. The maximum absolute atomic E-state index is 12.9. The molecule has 43 heavy (non-hydrogen) atoms. The number of esters is 2. The summed E-state index contributed by atoms with van der Waals surface area (Å²) >= 11 is 8.00. The van der Waals surface area contributed by atoms with Gasteiger partial charge < -0.3 is 14.0 Å². The molecule has 0 aliphatic carbocycles. The molecule has 0 N–H and O–H groups in total. The molecule has 1 heterocycles. The van der Waals surface area contributed by atoms with E-state index in [0.29, 0.717) is 28.5 Å². The van der Waals surface area contributed by atoms with Gasteiger partial charge in [0.05, 0.1) is 25.6 Å². The van der Waals surface area contributed by atoms with E-state index in [1.54, 1.807) is 24.8 Å². The summed E-state index contributed by atoms with van der Waals surface area (Å²) in [6, 6.07) is 28.3. The zero-order valence-electron chi connectivity index (χ0n) is 24.3. The number of nitrogens with zero attached hydrogens (tertiary/aromatic N) is 1. The van der Waals surface area contributed by atoms with Crippen molar-refractivity contribution in [3.8, 4) is 22.5 Å². The average Bonchev–Trinajstić information content (AvgIpc) is 3.38. The summed E-state index contributed by atoms with van der Waals surface area (Å²) in [7, 11) is 1.41. The van der Waals surface area contributed by atoms with Crippen LogP contribution in [0.25, 0.3) is 33.2 Å². The van der Waals surface area contributed by atoms with Gasteiger partial charge in [-0.15, -0.1) is 0 Å². The molecule has 0 saturated heterocycles. The molecule has 0 amide bonds. The van der Waals surface area contributed by atoms with Crippen LogP contribution in [0.5, 0.6) is 0 Å². The molecular formula is C35H32ClNO5S. The first-order chi connectivity index (χ1) is 20.8. The molecule has 6 nitrogen and oxygen atoms in total. The summed E-state index contributed by atoms with van der Waals surface area (Å²) in [4.78, 5) is 24.2. The number of hydrogen-bond acceptors (Lipinski definition) is 7. The molecule has 8 heteroatoms. The predicted molar refractivity (Wildman–Crippen MR) is 172 cm³/mol. The van der Waals surface area contributed by atoms with Crippen molar-refractivity contribution in [2.75, 3.05) is 12.9 Å². The van der Waals surface area contributed by atoms with Crippen LogP contribution < -0.4 is 0 Å². The van der Waals surface area contributed by atoms with Crippen LogP contribution in [-0.4, -0.2) is 30.0 Å². The maximum Gasteiger partial charge on any atom is 0.311 e. The van der Waals surface area contributed by atoms with Gasteiger partial charge >= 0.3 is 11.9 Å². The van der Waals surface area contributed by atoms with E-state index in [9.17, 15) is 9.59 Å². The lowest BCUT2D eigenvalue weighted by molar-refractivity contribution is -0.147. The maximum atomic E-state index is 12.9. The fraction of sp³-hybridized carbons (Fsp3) is 0.229. The highest BCUT2D eigenvalue weighted by atomic mass is 35.5. The van der Waals surface area contributed by atoms with Gasteiger partial charge in [0.15, 0.2) is 5.76 Å². The minimum Gasteiger partial charge on any atom is -0.469 e. The molecule has 5 aromatic rings. The van der Waals surface area contributed by atoms with E-state index in [0.717, 1.165) is 44.5 Å². The Kier molecular flexibility index (Phi) is 9.85. The van der Waals surface area contributed by atoms with Crippen molar-refractivity contribution in [2.24, 2.45) is 0 Å². The highest BCUT2D eigenvalue weighted by molar-refractivity contribution is 7.98. The van der Waals surface area contributed by atoms with Gasteiger partial charge in [-0.2, -0.15) is 11.8 Å². The van der Waals surface area contributed by atoms with Crippen molar-refractivity contribution in [3.05, 3.63) is 112 Å². The summed E-state index contributed by atoms with van der Waals surface area (Å²) in [5.41, 5.74) is 6.43. The summed E-state index contributed by atoms with van der Waals surface area (Å²) in [5.74, 6) is 1.59. The Morgan fingerprint density at radius 3 is 2.30 bits per heavy atom. The molecule has 5 rings (SSSR count). The van der Waals surface area contributed by atoms with Crippen LogP contribution in [0.3, 0.4) is 0 Å². The summed E-state index contributed by atoms with van der Waals surface area (Å²) in [6.45, 7) is 3.63. The second kappa shape index (κ2) is 13.9. The van der Waals surface area contributed by atoms with Crippen molar-refractivity contribution in [2.45, 2.75) is 38.5 Å². The first-order valence-electron chi connectivity index (χ1n) is 14.0. The van der Waals surface area contributed by atoms with E-state index >= 15 is 0 Å². The number of thioether (sulfide) groups is 1. The van der Waals surface area contributed by atoms with Crippen molar-refractivity contribution in [1.29, 1.82) is 0 Å². The first-order valence-corrected chi connectivity index (χ1v) is 15.5. The number of aryl methyl sites for hydroxylation is 1. The van der Waals surface area contributed by atoms with Crippen LogP contribution in [0.1, 0.15) is 41.8 Å². The van der Waals surface area contributed by atoms with Crippen molar-refractivity contribution >= 4 is 46.1 Å². The van der Waals surface area contributed by atoms with Crippen molar-refractivity contribution < 1.29 is 23.6 Å². The summed E-state index contributed by atoms with van der Waals surface area (Å²) in [6.07, 6.45) is -0.0186. The lowest BCUT2D eigenvalue weighted by atomic mass is 9.97. The molecule has 0 fully saturated rings. The lowest BCUT2D eigenvalue weighted by Gasteiger charge is -2.15. The molecule has 0 aliphatic rings. The Balaban J connectivity index is 1.27. The van der Waals surface area contributed by atoms with Gasteiger partial charge in [-0.05, 0) is 59.5 Å². The number of carbonyl (C=O) groups is 2. The Morgan fingerprint density at radius 2 is 1.58 bits per heavy atom. The third-order valence-corrected chi connectivity index (χ3v) is 8.67. The SMILES string of the molecule is COC(=O)CCSCc1ccc(-c2ccc3cc(-c4onc(C)c4CC(=O)OC(C)c4ccccc4Cl)ccc3c2)cc1. The third kappa shape index (κ3) is 7.48. The van der Waals surface area contributed by atoms with Gasteiger partial charge in [0, 0.05) is 33.2 Å². The minimum absolute atomic E-state index is 0.0379. The number of methoxy groups -OCH3 is 1. The quantitative estimate of drug-likeness (QED) is 0.109. The van der Waals surface area contributed by atoms with Gasteiger partial charge in [-0.25, -0.2) is 0 Å². The number of ether oxygens (including phenoxy) is 2. The number of aromatic nitrogens is 1. The Bertz CT molecular complexity index is 1750. The van der Waals surface area contributed by atoms with Crippen LogP contribution >= 0.6 is 23.4 Å². The Morgan fingerprint density at radius 1 is 0.907 bits per heavy atom. The standard InChI is InChI=1S/C35H32ClNO5S/c1-22-31(20-34(39)41-23(2)30-6-4-5-7-32(30)36)35(42-37-22)29-15-14-27-18-26(12-13-28(27)19-29)25-10-8-24(9-11-25)21-43-17-16-33(38)40-3/h4-15,18-19,23H,16-17,20-21H2,1-3H3. The molecule has 1 unspecified atom stereocenters. The minimum atomic E-state index is -0.479. The highest BCUT2D eigenvalue weighted by Crippen LogP contribution is 2.33. The van der Waals surface area contributed by atoms with Crippen molar-refractivity contribution in [1.82, 2.24) is 5.16 Å². The second-order valence-corrected chi connectivity index (χ2v) is 11.8. The molecular weight excluding hydrogens is 582 g/mol. The van der Waals surface area contributed by atoms with Crippen LogP contribution in [0.4, 0.5) is 0 Å². The largest absolute Gasteiger partial charge is 0.469 e.